The quantitative estimate of drug-likeness (QED) is 0.392. The molecule has 5 nitrogen and oxygen atoms in total. The molecule has 0 aliphatic heterocycles. The fourth-order valence-corrected chi connectivity index (χ4v) is 3.26. The van der Waals surface area contributed by atoms with Crippen molar-refractivity contribution in [2.75, 3.05) is 7.11 Å². The average Bonchev–Trinajstić information content (AvgIpc) is 3.13. The zero-order valence-corrected chi connectivity index (χ0v) is 16.3. The number of hydrogen-bond donors (Lipinski definition) is 0. The van der Waals surface area contributed by atoms with E-state index in [4.69, 9.17) is 9.47 Å². The zero-order chi connectivity index (χ0) is 19.7. The first-order chi connectivity index (χ1) is 13.5. The van der Waals surface area contributed by atoms with Gasteiger partial charge in [-0.25, -0.2) is 13.9 Å². The smallest absolute Gasteiger partial charge is 0.337 e. The Labute approximate surface area is 168 Å². The van der Waals surface area contributed by atoms with Gasteiger partial charge in [-0.05, 0) is 60.7 Å². The number of halogens is 2. The number of rotatable bonds is 4. The maximum Gasteiger partial charge on any atom is 0.337 e. The van der Waals surface area contributed by atoms with Gasteiger partial charge in [0.25, 0.3) is 0 Å². The first-order valence-corrected chi connectivity index (χ1v) is 9.14. The van der Waals surface area contributed by atoms with Gasteiger partial charge >= 0.3 is 5.97 Å². The molecule has 4 rings (SSSR count). The number of carbonyl (C=O) groups excluding carboxylic acids is 1. The zero-order valence-electron chi connectivity index (χ0n) is 14.7. The van der Waals surface area contributed by atoms with Crippen molar-refractivity contribution in [3.8, 4) is 17.2 Å². The lowest BCUT2D eigenvalue weighted by atomic mass is 10.2. The van der Waals surface area contributed by atoms with E-state index >= 15 is 0 Å². The molecule has 28 heavy (non-hydrogen) atoms. The fourth-order valence-electron chi connectivity index (χ4n) is 2.84. The van der Waals surface area contributed by atoms with Crippen LogP contribution in [0, 0.1) is 5.82 Å². The number of benzene rings is 3. The normalized spacial score (nSPS) is 10.8. The van der Waals surface area contributed by atoms with Gasteiger partial charge in [0.05, 0.1) is 35.5 Å². The summed E-state index contributed by atoms with van der Waals surface area (Å²) in [5, 5.41) is 5.25. The molecule has 0 amide bonds. The third-order valence-corrected chi connectivity index (χ3v) is 4.65. The van der Waals surface area contributed by atoms with Crippen LogP contribution in [0.4, 0.5) is 4.39 Å². The van der Waals surface area contributed by atoms with Gasteiger partial charge in [0, 0.05) is 4.47 Å². The van der Waals surface area contributed by atoms with Gasteiger partial charge in [-0.15, -0.1) is 0 Å². The van der Waals surface area contributed by atoms with E-state index in [0.717, 1.165) is 21.1 Å². The number of nitrogens with zero attached hydrogens (tertiary/aromatic N) is 2. The number of carbonyl (C=O) groups is 1. The molecule has 0 aliphatic carbocycles. The number of fused-ring (bicyclic) bond motifs is 1. The predicted octanol–water partition coefficient (Wildman–Crippen LogP) is 5.51. The lowest BCUT2D eigenvalue weighted by molar-refractivity contribution is 0.0600. The second-order valence-corrected chi connectivity index (χ2v) is 6.90. The molecule has 0 saturated heterocycles. The minimum atomic E-state index is -0.394. The van der Waals surface area contributed by atoms with E-state index in [9.17, 15) is 9.18 Å². The van der Waals surface area contributed by atoms with E-state index < -0.39 is 5.97 Å². The molecule has 0 saturated carbocycles. The first-order valence-electron chi connectivity index (χ1n) is 8.34. The maximum absolute atomic E-state index is 13.1. The highest BCUT2D eigenvalue weighted by molar-refractivity contribution is 9.10. The van der Waals surface area contributed by atoms with Gasteiger partial charge in [-0.1, -0.05) is 15.9 Å². The number of hydrogen-bond acceptors (Lipinski definition) is 4. The number of aromatic nitrogens is 2. The molecular weight excluding hydrogens is 427 g/mol. The first kappa shape index (κ1) is 18.2. The van der Waals surface area contributed by atoms with Crippen LogP contribution in [0.1, 0.15) is 10.4 Å². The van der Waals surface area contributed by atoms with Gasteiger partial charge < -0.3 is 9.47 Å². The van der Waals surface area contributed by atoms with Crippen molar-refractivity contribution in [3.63, 3.8) is 0 Å². The fraction of sp³-hybridized carbons (Fsp3) is 0.0476. The maximum atomic E-state index is 13.1. The lowest BCUT2D eigenvalue weighted by Crippen LogP contribution is -2.02. The topological polar surface area (TPSA) is 53.4 Å². The molecule has 7 heteroatoms. The highest BCUT2D eigenvalue weighted by Gasteiger charge is 2.13. The summed E-state index contributed by atoms with van der Waals surface area (Å²) in [5.74, 6) is 0.397. The number of ether oxygens (including phenoxy) is 2. The van der Waals surface area contributed by atoms with Crippen LogP contribution in [0.3, 0.4) is 0 Å². The lowest BCUT2D eigenvalue weighted by Gasteiger charge is -2.09. The van der Waals surface area contributed by atoms with E-state index in [1.54, 1.807) is 47.3 Å². The SMILES string of the molecule is COC(=O)c1ccc(-n2ncc3c(Oc4ccc(F)cc4)cc(Br)cc32)cc1. The van der Waals surface area contributed by atoms with Crippen molar-refractivity contribution in [3.05, 3.63) is 82.7 Å². The van der Waals surface area contributed by atoms with Crippen LogP contribution >= 0.6 is 15.9 Å². The van der Waals surface area contributed by atoms with Gasteiger partial charge in [0.2, 0.25) is 0 Å². The summed E-state index contributed by atoms with van der Waals surface area (Å²) >= 11 is 3.50. The molecule has 0 bridgehead atoms. The van der Waals surface area contributed by atoms with Crippen molar-refractivity contribution < 1.29 is 18.7 Å². The molecule has 0 spiro atoms. The molecule has 0 radical (unpaired) electrons. The van der Waals surface area contributed by atoms with Gasteiger partial charge in [0.15, 0.2) is 0 Å². The Morgan fingerprint density at radius 3 is 2.46 bits per heavy atom. The van der Waals surface area contributed by atoms with Crippen LogP contribution in [0.25, 0.3) is 16.6 Å². The van der Waals surface area contributed by atoms with Crippen LogP contribution in [0.5, 0.6) is 11.5 Å². The Kier molecular flexibility index (Phi) is 4.83. The Morgan fingerprint density at radius 2 is 1.79 bits per heavy atom. The summed E-state index contributed by atoms with van der Waals surface area (Å²) in [6, 6.07) is 16.5. The molecule has 1 heterocycles. The molecule has 1 aromatic heterocycles. The van der Waals surface area contributed by atoms with Crippen molar-refractivity contribution in [2.45, 2.75) is 0 Å². The van der Waals surface area contributed by atoms with Gasteiger partial charge in [-0.3, -0.25) is 0 Å². The van der Waals surface area contributed by atoms with Crippen LogP contribution in [0.2, 0.25) is 0 Å². The van der Waals surface area contributed by atoms with E-state index in [2.05, 4.69) is 21.0 Å². The molecule has 0 N–H and O–H groups in total. The van der Waals surface area contributed by atoms with Gasteiger partial charge in [-0.2, -0.15) is 5.10 Å². The molecular formula is C21H14BrFN2O3. The Morgan fingerprint density at radius 1 is 1.07 bits per heavy atom. The molecule has 4 aromatic rings. The highest BCUT2D eigenvalue weighted by atomic mass is 79.9. The number of methoxy groups -OCH3 is 1. The van der Waals surface area contributed by atoms with Crippen molar-refractivity contribution in [1.82, 2.24) is 9.78 Å². The third-order valence-electron chi connectivity index (χ3n) is 4.19. The summed E-state index contributed by atoms with van der Waals surface area (Å²) in [5.41, 5.74) is 2.06. The molecule has 0 aliphatic rings. The minimum absolute atomic E-state index is 0.324. The van der Waals surface area contributed by atoms with Crippen LogP contribution in [-0.2, 0) is 4.74 Å². The Bertz CT molecular complexity index is 1150. The van der Waals surface area contributed by atoms with E-state index in [-0.39, 0.29) is 5.82 Å². The average molecular weight is 441 g/mol. The summed E-state index contributed by atoms with van der Waals surface area (Å²) in [6.07, 6.45) is 1.70. The molecule has 0 fully saturated rings. The number of esters is 1. The summed E-state index contributed by atoms with van der Waals surface area (Å²) in [7, 11) is 1.34. The van der Waals surface area contributed by atoms with Crippen LogP contribution in [-0.4, -0.2) is 22.9 Å². The van der Waals surface area contributed by atoms with E-state index in [1.807, 2.05) is 12.1 Å². The monoisotopic (exact) mass is 440 g/mol. The predicted molar refractivity (Wildman–Crippen MR) is 107 cm³/mol. The third kappa shape index (κ3) is 3.48. The molecule has 140 valence electrons. The Hall–Kier alpha value is -3.19. The highest BCUT2D eigenvalue weighted by Crippen LogP contribution is 2.34. The molecule has 3 aromatic carbocycles. The van der Waals surface area contributed by atoms with Crippen molar-refractivity contribution in [1.29, 1.82) is 0 Å². The molecule has 0 unspecified atom stereocenters. The van der Waals surface area contributed by atoms with Crippen LogP contribution in [0.15, 0.2) is 71.3 Å². The summed E-state index contributed by atoms with van der Waals surface area (Å²) in [6.45, 7) is 0. The second-order valence-electron chi connectivity index (χ2n) is 5.99. The standard InChI is InChI=1S/C21H14BrFN2O3/c1-27-21(26)13-2-6-16(7-3-13)25-19-10-14(22)11-20(18(19)12-24-25)28-17-8-4-15(23)5-9-17/h2-12H,1H3. The summed E-state index contributed by atoms with van der Waals surface area (Å²) in [4.78, 5) is 11.6. The summed E-state index contributed by atoms with van der Waals surface area (Å²) < 4.78 is 26.3. The van der Waals surface area contributed by atoms with Crippen molar-refractivity contribution >= 4 is 32.8 Å². The minimum Gasteiger partial charge on any atom is -0.465 e. The molecule has 0 atom stereocenters. The van der Waals surface area contributed by atoms with E-state index in [1.165, 1.54) is 19.2 Å². The van der Waals surface area contributed by atoms with Crippen LogP contribution < -0.4 is 4.74 Å². The van der Waals surface area contributed by atoms with E-state index in [0.29, 0.717) is 17.1 Å². The Balaban J connectivity index is 1.74. The second kappa shape index (κ2) is 7.44. The largest absolute Gasteiger partial charge is 0.465 e. The van der Waals surface area contributed by atoms with Crippen molar-refractivity contribution in [2.24, 2.45) is 0 Å². The van der Waals surface area contributed by atoms with Gasteiger partial charge in [0.1, 0.15) is 17.3 Å².